The number of benzene rings is 1. The highest BCUT2D eigenvalue weighted by Gasteiger charge is 2.30. The summed E-state index contributed by atoms with van der Waals surface area (Å²) in [6.45, 7) is 1.78. The Hall–Kier alpha value is -2.51. The fraction of sp³-hybridized carbons (Fsp3) is 0.231. The molecule has 0 bridgehead atoms. The van der Waals surface area contributed by atoms with Crippen LogP contribution in [-0.4, -0.2) is 22.8 Å². The molecule has 1 heterocycles. The van der Waals surface area contributed by atoms with Crippen molar-refractivity contribution in [2.75, 3.05) is 6.61 Å². The fourth-order valence-corrected chi connectivity index (χ4v) is 1.56. The molecule has 0 atom stereocenters. The zero-order valence-corrected chi connectivity index (χ0v) is 10.9. The molecule has 112 valence electrons. The van der Waals surface area contributed by atoms with Crippen LogP contribution < -0.4 is 4.74 Å². The lowest BCUT2D eigenvalue weighted by Crippen LogP contribution is -2.07. The van der Waals surface area contributed by atoms with Crippen molar-refractivity contribution in [3.05, 3.63) is 41.7 Å². The number of hydrogen-bond acceptors (Lipinski definition) is 4. The number of carbonyl (C=O) groups excluding carboxylic acids is 1. The molecule has 8 heteroatoms. The summed E-state index contributed by atoms with van der Waals surface area (Å²) in [5, 5.41) is 6.00. The van der Waals surface area contributed by atoms with Crippen LogP contribution >= 0.6 is 0 Å². The Morgan fingerprint density at radius 3 is 2.81 bits per heavy atom. The minimum atomic E-state index is -4.47. The monoisotopic (exact) mass is 300 g/mol. The van der Waals surface area contributed by atoms with Gasteiger partial charge in [0.05, 0.1) is 18.4 Å². The smallest absolute Gasteiger partial charge is 0.416 e. The van der Waals surface area contributed by atoms with Crippen LogP contribution in [-0.2, 0) is 10.9 Å². The van der Waals surface area contributed by atoms with E-state index in [-0.39, 0.29) is 23.8 Å². The minimum Gasteiger partial charge on any atom is -0.461 e. The highest BCUT2D eigenvalue weighted by Crippen LogP contribution is 2.33. The predicted molar refractivity (Wildman–Crippen MR) is 66.1 cm³/mol. The molecule has 2 rings (SSSR count). The first-order valence-electron chi connectivity index (χ1n) is 5.97. The van der Waals surface area contributed by atoms with Crippen LogP contribution in [0, 0.1) is 0 Å². The van der Waals surface area contributed by atoms with E-state index in [2.05, 4.69) is 10.2 Å². The largest absolute Gasteiger partial charge is 0.461 e. The number of ether oxygens (including phenoxy) is 2. The highest BCUT2D eigenvalue weighted by atomic mass is 19.4. The molecule has 0 aliphatic heterocycles. The van der Waals surface area contributed by atoms with Crippen LogP contribution in [0.3, 0.4) is 0 Å². The van der Waals surface area contributed by atoms with Crippen molar-refractivity contribution in [1.29, 1.82) is 0 Å². The average Bonchev–Trinajstić information content (AvgIpc) is 2.86. The number of esters is 1. The first-order valence-corrected chi connectivity index (χ1v) is 5.97. The maximum atomic E-state index is 12.6. The van der Waals surface area contributed by atoms with Gasteiger partial charge in [0.1, 0.15) is 5.75 Å². The molecule has 0 aliphatic rings. The van der Waals surface area contributed by atoms with Gasteiger partial charge in [0.2, 0.25) is 0 Å². The third kappa shape index (κ3) is 3.53. The Labute approximate surface area is 117 Å². The lowest BCUT2D eigenvalue weighted by Gasteiger charge is -2.09. The number of nitrogens with zero attached hydrogens (tertiary/aromatic N) is 1. The SMILES string of the molecule is CCOC(=O)c1[nH]ncc1Oc1cccc(C(F)(F)F)c1. The Morgan fingerprint density at radius 1 is 1.38 bits per heavy atom. The van der Waals surface area contributed by atoms with Crippen molar-refractivity contribution in [2.45, 2.75) is 13.1 Å². The highest BCUT2D eigenvalue weighted by molar-refractivity contribution is 5.90. The molecule has 0 spiro atoms. The summed E-state index contributed by atoms with van der Waals surface area (Å²) in [4.78, 5) is 11.6. The molecule has 0 fully saturated rings. The summed E-state index contributed by atoms with van der Waals surface area (Å²) in [6, 6.07) is 4.32. The lowest BCUT2D eigenvalue weighted by molar-refractivity contribution is -0.137. The molecule has 1 N–H and O–H groups in total. The van der Waals surface area contributed by atoms with Crippen molar-refractivity contribution in [2.24, 2.45) is 0 Å². The standard InChI is InChI=1S/C13H11F3N2O3/c1-2-20-12(19)11-10(7-17-18-11)21-9-5-3-4-8(6-9)13(14,15)16/h3-7H,2H2,1H3,(H,17,18). The molecule has 0 amide bonds. The lowest BCUT2D eigenvalue weighted by atomic mass is 10.2. The third-order valence-electron chi connectivity index (χ3n) is 2.47. The van der Waals surface area contributed by atoms with Gasteiger partial charge in [-0.1, -0.05) is 6.07 Å². The summed E-state index contributed by atoms with van der Waals surface area (Å²) < 4.78 is 47.8. The van der Waals surface area contributed by atoms with E-state index in [0.717, 1.165) is 12.1 Å². The number of H-pyrrole nitrogens is 1. The van der Waals surface area contributed by atoms with E-state index in [4.69, 9.17) is 9.47 Å². The molecule has 1 aromatic heterocycles. The first kappa shape index (κ1) is 14.9. The summed E-state index contributed by atoms with van der Waals surface area (Å²) in [5.74, 6) is -0.762. The van der Waals surface area contributed by atoms with Gasteiger partial charge in [-0.2, -0.15) is 18.3 Å². The molecule has 0 unspecified atom stereocenters. The van der Waals surface area contributed by atoms with E-state index >= 15 is 0 Å². The molecule has 0 radical (unpaired) electrons. The van der Waals surface area contributed by atoms with E-state index < -0.39 is 17.7 Å². The molecule has 21 heavy (non-hydrogen) atoms. The quantitative estimate of drug-likeness (QED) is 0.879. The maximum Gasteiger partial charge on any atom is 0.416 e. The van der Waals surface area contributed by atoms with Gasteiger partial charge in [0.15, 0.2) is 11.4 Å². The second kappa shape index (κ2) is 5.86. The van der Waals surface area contributed by atoms with Gasteiger partial charge in [0, 0.05) is 0 Å². The molecule has 0 saturated heterocycles. The minimum absolute atomic E-state index is 0.00669. The number of halogens is 3. The summed E-state index contributed by atoms with van der Waals surface area (Å²) >= 11 is 0. The number of carbonyl (C=O) groups is 1. The van der Waals surface area contributed by atoms with Crippen molar-refractivity contribution < 1.29 is 27.4 Å². The van der Waals surface area contributed by atoms with Gasteiger partial charge in [-0.05, 0) is 25.1 Å². The maximum absolute atomic E-state index is 12.6. The Morgan fingerprint density at radius 2 is 2.14 bits per heavy atom. The van der Waals surface area contributed by atoms with Crippen LogP contribution in [0.5, 0.6) is 11.5 Å². The normalized spacial score (nSPS) is 11.2. The second-order valence-corrected chi connectivity index (χ2v) is 3.96. The van der Waals surface area contributed by atoms with Crippen LogP contribution in [0.15, 0.2) is 30.5 Å². The Balaban J connectivity index is 2.23. The van der Waals surface area contributed by atoms with E-state index in [1.54, 1.807) is 6.92 Å². The number of aromatic amines is 1. The van der Waals surface area contributed by atoms with Gasteiger partial charge < -0.3 is 9.47 Å². The number of nitrogens with one attached hydrogen (secondary N) is 1. The number of aromatic nitrogens is 2. The first-order chi connectivity index (χ1) is 9.91. The number of hydrogen-bond donors (Lipinski definition) is 1. The molecule has 1 aromatic carbocycles. The molecule has 0 aliphatic carbocycles. The summed E-state index contributed by atoms with van der Waals surface area (Å²) in [5.41, 5.74) is -0.907. The van der Waals surface area contributed by atoms with E-state index in [1.165, 1.54) is 18.3 Å². The molecule has 2 aromatic rings. The van der Waals surface area contributed by atoms with Gasteiger partial charge in [-0.25, -0.2) is 4.79 Å². The summed E-state index contributed by atoms with van der Waals surface area (Å²) in [7, 11) is 0. The van der Waals surface area contributed by atoms with Gasteiger partial charge in [0.25, 0.3) is 0 Å². The Bertz CT molecular complexity index is 638. The predicted octanol–water partition coefficient (Wildman–Crippen LogP) is 3.40. The van der Waals surface area contributed by atoms with E-state index in [0.29, 0.717) is 0 Å². The third-order valence-corrected chi connectivity index (χ3v) is 2.47. The zero-order chi connectivity index (χ0) is 15.5. The van der Waals surface area contributed by atoms with Crippen molar-refractivity contribution in [3.63, 3.8) is 0 Å². The van der Waals surface area contributed by atoms with Crippen LogP contribution in [0.25, 0.3) is 0 Å². The van der Waals surface area contributed by atoms with E-state index in [9.17, 15) is 18.0 Å². The van der Waals surface area contributed by atoms with Gasteiger partial charge in [-0.3, -0.25) is 5.10 Å². The molecular formula is C13H11F3N2O3. The van der Waals surface area contributed by atoms with Crippen LogP contribution in [0.4, 0.5) is 13.2 Å². The van der Waals surface area contributed by atoms with Gasteiger partial charge >= 0.3 is 12.1 Å². The van der Waals surface area contributed by atoms with Crippen molar-refractivity contribution >= 4 is 5.97 Å². The zero-order valence-electron chi connectivity index (χ0n) is 10.9. The fourth-order valence-electron chi connectivity index (χ4n) is 1.56. The van der Waals surface area contributed by atoms with Crippen molar-refractivity contribution in [1.82, 2.24) is 10.2 Å². The average molecular weight is 300 g/mol. The molecule has 0 saturated carbocycles. The summed E-state index contributed by atoms with van der Waals surface area (Å²) in [6.07, 6.45) is -3.29. The molecule has 5 nitrogen and oxygen atoms in total. The number of alkyl halides is 3. The number of rotatable bonds is 4. The van der Waals surface area contributed by atoms with Crippen LogP contribution in [0.2, 0.25) is 0 Å². The van der Waals surface area contributed by atoms with E-state index in [1.807, 2.05) is 0 Å². The Kier molecular flexibility index (Phi) is 4.15. The second-order valence-electron chi connectivity index (χ2n) is 3.96. The molecular weight excluding hydrogens is 289 g/mol. The van der Waals surface area contributed by atoms with Crippen molar-refractivity contribution in [3.8, 4) is 11.5 Å². The van der Waals surface area contributed by atoms with Crippen LogP contribution in [0.1, 0.15) is 23.0 Å². The topological polar surface area (TPSA) is 64.2 Å². The van der Waals surface area contributed by atoms with Gasteiger partial charge in [-0.15, -0.1) is 0 Å².